The lowest BCUT2D eigenvalue weighted by molar-refractivity contribution is -0.117. The van der Waals surface area contributed by atoms with Crippen molar-refractivity contribution >= 4 is 11.7 Å². The number of rotatable bonds is 3. The molecule has 85 valence electrons. The number of carbonyl (C=O) groups excluding carboxylic acids is 1. The van der Waals surface area contributed by atoms with Crippen LogP contribution in [0.3, 0.4) is 0 Å². The molecular weight excluding hydrogens is 204 g/mol. The number of nitrogens with one attached hydrogen (secondary N) is 1. The van der Waals surface area contributed by atoms with Crippen molar-refractivity contribution in [3.63, 3.8) is 0 Å². The van der Waals surface area contributed by atoms with E-state index in [1.54, 1.807) is 12.3 Å². The van der Waals surface area contributed by atoms with Gasteiger partial charge in [-0.15, -0.1) is 0 Å². The van der Waals surface area contributed by atoms with E-state index in [4.69, 9.17) is 0 Å². The van der Waals surface area contributed by atoms with Crippen LogP contribution in [0.25, 0.3) is 0 Å². The third-order valence-corrected chi connectivity index (χ3v) is 2.45. The van der Waals surface area contributed by atoms with Gasteiger partial charge in [0.15, 0.2) is 0 Å². The number of aromatic nitrogens is 1. The smallest absolute Gasteiger partial charge is 0.239 e. The Morgan fingerprint density at radius 2 is 2.19 bits per heavy atom. The van der Waals surface area contributed by atoms with Crippen molar-refractivity contribution in [2.24, 2.45) is 0 Å². The van der Waals surface area contributed by atoms with E-state index in [1.807, 2.05) is 12.1 Å². The van der Waals surface area contributed by atoms with Crippen molar-refractivity contribution in [1.82, 2.24) is 15.2 Å². The zero-order valence-corrected chi connectivity index (χ0v) is 9.09. The first kappa shape index (κ1) is 11.0. The lowest BCUT2D eigenvalue weighted by Gasteiger charge is -2.25. The van der Waals surface area contributed by atoms with Crippen LogP contribution in [0, 0.1) is 0 Å². The second-order valence-electron chi connectivity index (χ2n) is 3.71. The van der Waals surface area contributed by atoms with E-state index in [0.29, 0.717) is 12.4 Å². The Balaban J connectivity index is 1.80. The highest BCUT2D eigenvalue weighted by molar-refractivity contribution is 5.91. The van der Waals surface area contributed by atoms with Crippen LogP contribution in [0.1, 0.15) is 0 Å². The average molecular weight is 219 g/mol. The van der Waals surface area contributed by atoms with E-state index < -0.39 is 0 Å². The Labute approximate surface area is 94.9 Å². The molecule has 0 spiro atoms. The van der Waals surface area contributed by atoms with Crippen LogP contribution in [-0.2, 0) is 4.79 Å². The zero-order valence-electron chi connectivity index (χ0n) is 9.09. The molecule has 2 rings (SSSR count). The molecule has 0 aromatic carbocycles. The van der Waals surface area contributed by atoms with E-state index in [9.17, 15) is 4.79 Å². The number of carbonyl (C=O) groups is 1. The molecule has 0 aliphatic carbocycles. The Bertz CT molecular complexity index is 335. The van der Waals surface area contributed by atoms with Gasteiger partial charge in [0.25, 0.3) is 0 Å². The molecule has 0 bridgehead atoms. The highest BCUT2D eigenvalue weighted by Gasteiger charge is 2.13. The Hall–Kier alpha value is -1.46. The lowest BCUT2D eigenvalue weighted by Crippen LogP contribution is -2.43. The minimum atomic E-state index is -0.0133. The first-order valence-electron chi connectivity index (χ1n) is 5.41. The van der Waals surface area contributed by atoms with Gasteiger partial charge in [-0.05, 0) is 12.1 Å². The van der Waals surface area contributed by atoms with Gasteiger partial charge in [0.2, 0.25) is 5.91 Å². The topological polar surface area (TPSA) is 59.3 Å². The van der Waals surface area contributed by atoms with Crippen molar-refractivity contribution in [2.45, 2.75) is 0 Å². The molecule has 1 N–H and O–H groups in total. The van der Waals surface area contributed by atoms with E-state index in [2.05, 4.69) is 20.5 Å². The van der Waals surface area contributed by atoms with Gasteiger partial charge in [-0.25, -0.2) is 10.3 Å². The third kappa shape index (κ3) is 3.29. The van der Waals surface area contributed by atoms with Crippen molar-refractivity contribution in [2.75, 3.05) is 38.0 Å². The molecule has 1 saturated heterocycles. The summed E-state index contributed by atoms with van der Waals surface area (Å²) in [6.07, 6.45) is 1.66. The molecule has 1 amide bonds. The Morgan fingerprint density at radius 3 is 2.88 bits per heavy atom. The number of pyridine rings is 1. The van der Waals surface area contributed by atoms with Crippen molar-refractivity contribution in [1.29, 1.82) is 0 Å². The van der Waals surface area contributed by atoms with Gasteiger partial charge < -0.3 is 5.32 Å². The number of amides is 1. The fraction of sp³-hybridized carbons (Fsp3) is 0.455. The molecule has 0 saturated carbocycles. The fourth-order valence-electron chi connectivity index (χ4n) is 1.63. The summed E-state index contributed by atoms with van der Waals surface area (Å²) in [5, 5.41) is 7.00. The molecular formula is C11H15N4O. The van der Waals surface area contributed by atoms with Crippen LogP contribution in [0.4, 0.5) is 5.82 Å². The van der Waals surface area contributed by atoms with E-state index in [0.717, 1.165) is 26.2 Å². The maximum Gasteiger partial charge on any atom is 0.239 e. The van der Waals surface area contributed by atoms with E-state index >= 15 is 0 Å². The van der Waals surface area contributed by atoms with Gasteiger partial charge >= 0.3 is 0 Å². The molecule has 1 radical (unpaired) electrons. The standard InChI is InChI=1S/C11H15N4O/c16-11(9-15-7-5-12-6-8-15)14-10-3-1-2-4-13-10/h1-4H,5-9H2,(H,13,14,16). The van der Waals surface area contributed by atoms with Crippen LogP contribution < -0.4 is 10.6 Å². The molecule has 5 nitrogen and oxygen atoms in total. The molecule has 1 aromatic heterocycles. The van der Waals surface area contributed by atoms with Gasteiger partial charge in [0, 0.05) is 32.4 Å². The molecule has 1 aliphatic rings. The second-order valence-corrected chi connectivity index (χ2v) is 3.71. The van der Waals surface area contributed by atoms with Gasteiger partial charge in [-0.2, -0.15) is 0 Å². The van der Waals surface area contributed by atoms with Gasteiger partial charge in [0.1, 0.15) is 5.82 Å². The number of hydrogen-bond acceptors (Lipinski definition) is 3. The molecule has 2 heterocycles. The predicted molar refractivity (Wildman–Crippen MR) is 61.2 cm³/mol. The largest absolute Gasteiger partial charge is 0.310 e. The molecule has 1 aromatic rings. The summed E-state index contributed by atoms with van der Waals surface area (Å²) in [4.78, 5) is 17.8. The lowest BCUT2D eigenvalue weighted by atomic mass is 10.3. The minimum Gasteiger partial charge on any atom is -0.310 e. The maximum absolute atomic E-state index is 11.7. The molecule has 1 fully saturated rings. The predicted octanol–water partition coefficient (Wildman–Crippen LogP) is -0.0599. The molecule has 5 heteroatoms. The zero-order chi connectivity index (χ0) is 11.2. The summed E-state index contributed by atoms with van der Waals surface area (Å²) < 4.78 is 0. The molecule has 1 aliphatic heterocycles. The normalized spacial score (nSPS) is 17.0. The maximum atomic E-state index is 11.7. The highest BCUT2D eigenvalue weighted by atomic mass is 16.2. The van der Waals surface area contributed by atoms with Crippen LogP contribution in [0.15, 0.2) is 24.4 Å². The van der Waals surface area contributed by atoms with Gasteiger partial charge in [-0.1, -0.05) is 6.07 Å². The SMILES string of the molecule is O=C(CN1CC[N]CC1)Nc1ccccn1. The first-order valence-corrected chi connectivity index (χ1v) is 5.41. The van der Waals surface area contributed by atoms with Crippen molar-refractivity contribution < 1.29 is 4.79 Å². The summed E-state index contributed by atoms with van der Waals surface area (Å²) in [6.45, 7) is 3.82. The fourth-order valence-corrected chi connectivity index (χ4v) is 1.63. The number of hydrogen-bond donors (Lipinski definition) is 1. The number of nitrogens with zero attached hydrogens (tertiary/aromatic N) is 3. The third-order valence-electron chi connectivity index (χ3n) is 2.45. The van der Waals surface area contributed by atoms with Gasteiger partial charge in [0.05, 0.1) is 6.54 Å². The summed E-state index contributed by atoms with van der Waals surface area (Å²) in [5.41, 5.74) is 0. The van der Waals surface area contributed by atoms with E-state index in [-0.39, 0.29) is 5.91 Å². The van der Waals surface area contributed by atoms with Crippen molar-refractivity contribution in [3.8, 4) is 0 Å². The van der Waals surface area contributed by atoms with Crippen LogP contribution in [0.2, 0.25) is 0 Å². The van der Waals surface area contributed by atoms with E-state index in [1.165, 1.54) is 0 Å². The van der Waals surface area contributed by atoms with Crippen molar-refractivity contribution in [3.05, 3.63) is 24.4 Å². The van der Waals surface area contributed by atoms with Crippen LogP contribution in [0.5, 0.6) is 0 Å². The summed E-state index contributed by atoms with van der Waals surface area (Å²) >= 11 is 0. The van der Waals surface area contributed by atoms with Crippen LogP contribution >= 0.6 is 0 Å². The van der Waals surface area contributed by atoms with Crippen LogP contribution in [-0.4, -0.2) is 48.5 Å². The van der Waals surface area contributed by atoms with Gasteiger partial charge in [-0.3, -0.25) is 9.69 Å². The minimum absolute atomic E-state index is 0.0133. The molecule has 16 heavy (non-hydrogen) atoms. The number of piperazine rings is 1. The summed E-state index contributed by atoms with van der Waals surface area (Å²) in [7, 11) is 0. The molecule has 0 unspecified atom stereocenters. The number of anilines is 1. The molecule has 0 atom stereocenters. The average Bonchev–Trinajstić information content (AvgIpc) is 2.31. The summed E-state index contributed by atoms with van der Waals surface area (Å²) in [5.74, 6) is 0.592. The summed E-state index contributed by atoms with van der Waals surface area (Å²) in [6, 6.07) is 5.45. The Kier molecular flexibility index (Phi) is 3.85. The first-order chi connectivity index (χ1) is 7.84. The second kappa shape index (κ2) is 5.58. The highest BCUT2D eigenvalue weighted by Crippen LogP contribution is 2.00. The quantitative estimate of drug-likeness (QED) is 0.774. The Morgan fingerprint density at radius 1 is 1.38 bits per heavy atom. The monoisotopic (exact) mass is 219 g/mol.